The van der Waals surface area contributed by atoms with Gasteiger partial charge in [-0.15, -0.1) is 11.3 Å². The predicted octanol–water partition coefficient (Wildman–Crippen LogP) is 3.60. The van der Waals surface area contributed by atoms with Gasteiger partial charge >= 0.3 is 5.97 Å². The van der Waals surface area contributed by atoms with Crippen LogP contribution in [-0.2, 0) is 24.4 Å². The van der Waals surface area contributed by atoms with Crippen molar-refractivity contribution < 1.29 is 19.4 Å². The molecule has 3 rings (SSSR count). The number of benzene rings is 1. The van der Waals surface area contributed by atoms with Crippen molar-refractivity contribution in [1.82, 2.24) is 0 Å². The lowest BCUT2D eigenvalue weighted by molar-refractivity contribution is 0.0697. The molecule has 1 aliphatic heterocycles. The first-order valence-electron chi connectivity index (χ1n) is 7.37. The molecule has 1 amide bonds. The summed E-state index contributed by atoms with van der Waals surface area (Å²) in [6, 6.07) is 5.43. The number of anilines is 1. The van der Waals surface area contributed by atoms with Gasteiger partial charge in [0.1, 0.15) is 5.00 Å². The SMILES string of the molecule is CCc1c(C)sc(NC(=O)c2ccc3c(c2)COC3)c1C(=O)O. The molecular formula is C17H17NO4S. The van der Waals surface area contributed by atoms with E-state index in [-0.39, 0.29) is 11.5 Å². The number of carbonyl (C=O) groups is 2. The Bertz CT molecular complexity index is 794. The van der Waals surface area contributed by atoms with Crippen molar-refractivity contribution in [3.63, 3.8) is 0 Å². The minimum atomic E-state index is -1.01. The van der Waals surface area contributed by atoms with Crippen molar-refractivity contribution in [3.05, 3.63) is 50.9 Å². The van der Waals surface area contributed by atoms with Crippen LogP contribution in [0.1, 0.15) is 49.2 Å². The van der Waals surface area contributed by atoms with Crippen LogP contribution in [0.5, 0.6) is 0 Å². The largest absolute Gasteiger partial charge is 0.478 e. The number of carbonyl (C=O) groups excluding carboxylic acids is 1. The molecule has 1 aromatic carbocycles. The zero-order valence-corrected chi connectivity index (χ0v) is 13.8. The number of thiophene rings is 1. The van der Waals surface area contributed by atoms with E-state index in [1.165, 1.54) is 11.3 Å². The smallest absolute Gasteiger partial charge is 0.339 e. The van der Waals surface area contributed by atoms with Gasteiger partial charge in [0.2, 0.25) is 0 Å². The van der Waals surface area contributed by atoms with E-state index < -0.39 is 5.97 Å². The van der Waals surface area contributed by atoms with Gasteiger partial charge in [0.25, 0.3) is 5.91 Å². The van der Waals surface area contributed by atoms with E-state index in [0.717, 1.165) is 21.6 Å². The normalized spacial score (nSPS) is 13.0. The number of amides is 1. The molecule has 2 aromatic rings. The predicted molar refractivity (Wildman–Crippen MR) is 88.3 cm³/mol. The minimum Gasteiger partial charge on any atom is -0.478 e. The lowest BCUT2D eigenvalue weighted by Gasteiger charge is -2.06. The monoisotopic (exact) mass is 331 g/mol. The average Bonchev–Trinajstić information content (AvgIpc) is 3.09. The van der Waals surface area contributed by atoms with Crippen molar-refractivity contribution >= 4 is 28.2 Å². The fourth-order valence-corrected chi connectivity index (χ4v) is 3.94. The number of hydrogen-bond acceptors (Lipinski definition) is 4. The highest BCUT2D eigenvalue weighted by Gasteiger charge is 2.22. The van der Waals surface area contributed by atoms with Gasteiger partial charge in [0.15, 0.2) is 0 Å². The Kier molecular flexibility index (Phi) is 4.19. The Balaban J connectivity index is 1.90. The molecule has 23 heavy (non-hydrogen) atoms. The second kappa shape index (κ2) is 6.14. The number of carboxylic acids is 1. The molecule has 1 aromatic heterocycles. The first-order valence-corrected chi connectivity index (χ1v) is 8.19. The second-order valence-corrected chi connectivity index (χ2v) is 6.65. The topological polar surface area (TPSA) is 75.6 Å². The molecule has 120 valence electrons. The molecule has 0 radical (unpaired) electrons. The molecule has 0 fully saturated rings. The van der Waals surface area contributed by atoms with Gasteiger partial charge in [-0.3, -0.25) is 4.79 Å². The summed E-state index contributed by atoms with van der Waals surface area (Å²) in [5, 5.41) is 12.6. The van der Waals surface area contributed by atoms with Gasteiger partial charge in [0.05, 0.1) is 18.8 Å². The molecule has 0 saturated carbocycles. The first-order chi connectivity index (χ1) is 11.0. The van der Waals surface area contributed by atoms with Gasteiger partial charge in [-0.2, -0.15) is 0 Å². The molecule has 0 atom stereocenters. The van der Waals surface area contributed by atoms with Crippen molar-refractivity contribution in [2.45, 2.75) is 33.5 Å². The average molecular weight is 331 g/mol. The molecule has 5 nitrogen and oxygen atoms in total. The molecule has 0 unspecified atom stereocenters. The first kappa shape index (κ1) is 15.7. The molecule has 6 heteroatoms. The van der Waals surface area contributed by atoms with Crippen LogP contribution in [0.25, 0.3) is 0 Å². The van der Waals surface area contributed by atoms with Gasteiger partial charge in [-0.25, -0.2) is 4.79 Å². The number of aromatic carboxylic acids is 1. The molecule has 2 N–H and O–H groups in total. The maximum atomic E-state index is 12.5. The van der Waals surface area contributed by atoms with Gasteiger partial charge in [0, 0.05) is 10.4 Å². The summed E-state index contributed by atoms with van der Waals surface area (Å²) in [5.41, 5.74) is 3.59. The van der Waals surface area contributed by atoms with E-state index in [0.29, 0.717) is 30.2 Å². The molecule has 1 aliphatic rings. The Morgan fingerprint density at radius 2 is 2.04 bits per heavy atom. The second-order valence-electron chi connectivity index (χ2n) is 5.43. The number of ether oxygens (including phenoxy) is 1. The fraction of sp³-hybridized carbons (Fsp3) is 0.294. The van der Waals surface area contributed by atoms with E-state index >= 15 is 0 Å². The third-order valence-corrected chi connectivity index (χ3v) is 5.05. The molecule has 0 spiro atoms. The Morgan fingerprint density at radius 3 is 2.74 bits per heavy atom. The van der Waals surface area contributed by atoms with Crippen molar-refractivity contribution in [3.8, 4) is 0 Å². The summed E-state index contributed by atoms with van der Waals surface area (Å²) >= 11 is 1.30. The molecular weight excluding hydrogens is 314 g/mol. The van der Waals surface area contributed by atoms with Crippen LogP contribution in [-0.4, -0.2) is 17.0 Å². The summed E-state index contributed by atoms with van der Waals surface area (Å²) < 4.78 is 5.34. The van der Waals surface area contributed by atoms with Crippen LogP contribution in [0, 0.1) is 6.92 Å². The highest BCUT2D eigenvalue weighted by molar-refractivity contribution is 7.16. The number of hydrogen-bond donors (Lipinski definition) is 2. The zero-order chi connectivity index (χ0) is 16.6. The third kappa shape index (κ3) is 2.87. The van der Waals surface area contributed by atoms with Crippen LogP contribution in [0.15, 0.2) is 18.2 Å². The van der Waals surface area contributed by atoms with Crippen LogP contribution in [0.3, 0.4) is 0 Å². The van der Waals surface area contributed by atoms with E-state index in [9.17, 15) is 14.7 Å². The van der Waals surface area contributed by atoms with Crippen molar-refractivity contribution in [2.75, 3.05) is 5.32 Å². The van der Waals surface area contributed by atoms with E-state index in [4.69, 9.17) is 4.74 Å². The lowest BCUT2D eigenvalue weighted by atomic mass is 10.1. The Hall–Kier alpha value is -2.18. The maximum Gasteiger partial charge on any atom is 0.339 e. The lowest BCUT2D eigenvalue weighted by Crippen LogP contribution is -2.14. The summed E-state index contributed by atoms with van der Waals surface area (Å²) in [4.78, 5) is 24.9. The molecule has 0 saturated heterocycles. The van der Waals surface area contributed by atoms with Crippen LogP contribution >= 0.6 is 11.3 Å². The van der Waals surface area contributed by atoms with E-state index in [1.54, 1.807) is 12.1 Å². The highest BCUT2D eigenvalue weighted by Crippen LogP contribution is 2.34. The fourth-order valence-electron chi connectivity index (χ4n) is 2.81. The van der Waals surface area contributed by atoms with E-state index in [1.807, 2.05) is 19.9 Å². The van der Waals surface area contributed by atoms with Crippen LogP contribution < -0.4 is 5.32 Å². The third-order valence-electron chi connectivity index (χ3n) is 3.99. The van der Waals surface area contributed by atoms with Gasteiger partial charge in [-0.1, -0.05) is 13.0 Å². The minimum absolute atomic E-state index is 0.202. The van der Waals surface area contributed by atoms with Crippen molar-refractivity contribution in [2.24, 2.45) is 0 Å². The summed E-state index contributed by atoms with van der Waals surface area (Å²) in [6.45, 7) is 4.87. The van der Waals surface area contributed by atoms with E-state index in [2.05, 4.69) is 5.32 Å². The quantitative estimate of drug-likeness (QED) is 0.897. The number of nitrogens with one attached hydrogen (secondary N) is 1. The molecule has 2 heterocycles. The standard InChI is InChI=1S/C17H17NO4S/c1-3-13-9(2)23-16(14(13)17(20)21)18-15(19)10-4-5-11-7-22-8-12(11)6-10/h4-6H,3,7-8H2,1-2H3,(H,18,19)(H,20,21). The molecule has 0 aliphatic carbocycles. The highest BCUT2D eigenvalue weighted by atomic mass is 32.1. The van der Waals surface area contributed by atoms with Crippen LogP contribution in [0.4, 0.5) is 5.00 Å². The summed E-state index contributed by atoms with van der Waals surface area (Å²) in [5.74, 6) is -1.31. The molecule has 0 bridgehead atoms. The summed E-state index contributed by atoms with van der Waals surface area (Å²) in [6.07, 6.45) is 0.621. The number of fused-ring (bicyclic) bond motifs is 1. The Labute approximate surface area is 137 Å². The number of carboxylic acid groups (broad SMARTS) is 1. The maximum absolute atomic E-state index is 12.5. The van der Waals surface area contributed by atoms with Gasteiger partial charge in [-0.05, 0) is 42.2 Å². The van der Waals surface area contributed by atoms with Crippen LogP contribution in [0.2, 0.25) is 0 Å². The zero-order valence-electron chi connectivity index (χ0n) is 12.9. The Morgan fingerprint density at radius 1 is 1.30 bits per heavy atom. The summed E-state index contributed by atoms with van der Waals surface area (Å²) in [7, 11) is 0. The van der Waals surface area contributed by atoms with Crippen molar-refractivity contribution in [1.29, 1.82) is 0 Å². The van der Waals surface area contributed by atoms with Gasteiger partial charge < -0.3 is 15.2 Å². The number of rotatable bonds is 4. The number of aryl methyl sites for hydroxylation is 1.